The molecule has 0 atom stereocenters. The highest BCUT2D eigenvalue weighted by atomic mass is 32.2. The van der Waals surface area contributed by atoms with Crippen molar-refractivity contribution < 1.29 is 12.8 Å². The number of rotatable bonds is 3. The molecule has 1 aromatic carbocycles. The first-order chi connectivity index (χ1) is 7.33. The zero-order valence-electron chi connectivity index (χ0n) is 8.32. The van der Waals surface area contributed by atoms with Crippen molar-refractivity contribution in [2.75, 3.05) is 0 Å². The van der Waals surface area contributed by atoms with Crippen LogP contribution in [-0.4, -0.2) is 13.5 Å². The Balaban J connectivity index is 3.07. The van der Waals surface area contributed by atoms with Crippen LogP contribution in [0.4, 0.5) is 4.39 Å². The number of hydrogen-bond donors (Lipinski definition) is 3. The van der Waals surface area contributed by atoms with Crippen molar-refractivity contribution >= 4 is 27.4 Å². The van der Waals surface area contributed by atoms with E-state index < -0.39 is 20.7 Å². The molecule has 0 aromatic heterocycles. The van der Waals surface area contributed by atoms with Gasteiger partial charge in [-0.15, -0.1) is 4.83 Å². The summed E-state index contributed by atoms with van der Waals surface area (Å²) >= 11 is 4.42. The molecule has 0 aliphatic rings. The highest BCUT2D eigenvalue weighted by Gasteiger charge is 2.18. The summed E-state index contributed by atoms with van der Waals surface area (Å²) in [6, 6.07) is 3.75. The van der Waals surface area contributed by atoms with E-state index >= 15 is 0 Å². The summed E-state index contributed by atoms with van der Waals surface area (Å²) in [7, 11) is -4.01. The van der Waals surface area contributed by atoms with E-state index in [2.05, 4.69) is 12.2 Å². The smallest absolute Gasteiger partial charge is 0.260 e. The fourth-order valence-electron chi connectivity index (χ4n) is 0.989. The van der Waals surface area contributed by atoms with Crippen LogP contribution in [0.2, 0.25) is 0 Å². The lowest BCUT2D eigenvalue weighted by atomic mass is 10.2. The monoisotopic (exact) mass is 263 g/mol. The number of sulfonamides is 1. The predicted molar refractivity (Wildman–Crippen MR) is 61.4 cm³/mol. The molecule has 0 radical (unpaired) electrons. The Kier molecular flexibility index (Phi) is 3.79. The minimum atomic E-state index is -4.01. The lowest BCUT2D eigenvalue weighted by molar-refractivity contribution is 0.553. The predicted octanol–water partition coefficient (Wildman–Crippen LogP) is 0.161. The maximum atomic E-state index is 13.3. The topological polar surface area (TPSA) is 84.2 Å². The number of thiocarbonyl (C=S) groups is 1. The summed E-state index contributed by atoms with van der Waals surface area (Å²) in [6.45, 7) is 1.65. The summed E-state index contributed by atoms with van der Waals surface area (Å²) in [6.07, 6.45) is 0. The summed E-state index contributed by atoms with van der Waals surface area (Å²) in [5.74, 6) is -0.845. The quantitative estimate of drug-likeness (QED) is 0.534. The summed E-state index contributed by atoms with van der Waals surface area (Å²) in [4.78, 5) is 1.40. The van der Waals surface area contributed by atoms with E-state index in [1.165, 1.54) is 12.1 Å². The molecule has 0 unspecified atom stereocenters. The van der Waals surface area contributed by atoms with Crippen LogP contribution in [-0.2, 0) is 10.0 Å². The zero-order valence-corrected chi connectivity index (χ0v) is 9.95. The van der Waals surface area contributed by atoms with Crippen molar-refractivity contribution in [1.29, 1.82) is 0 Å². The Morgan fingerprint density at radius 3 is 2.69 bits per heavy atom. The van der Waals surface area contributed by atoms with Gasteiger partial charge in [0.2, 0.25) is 0 Å². The normalized spacial score (nSPS) is 11.1. The van der Waals surface area contributed by atoms with E-state index in [1.54, 1.807) is 6.92 Å². The van der Waals surface area contributed by atoms with Gasteiger partial charge in [-0.3, -0.25) is 5.43 Å². The van der Waals surface area contributed by atoms with Crippen molar-refractivity contribution in [1.82, 2.24) is 10.3 Å². The van der Waals surface area contributed by atoms with Gasteiger partial charge in [0.15, 0.2) is 5.11 Å². The van der Waals surface area contributed by atoms with Crippen LogP contribution in [0.15, 0.2) is 23.1 Å². The van der Waals surface area contributed by atoms with Crippen molar-refractivity contribution in [3.05, 3.63) is 29.6 Å². The number of halogens is 1. The number of benzene rings is 1. The molecule has 0 aliphatic carbocycles. The largest absolute Gasteiger partial charge is 0.375 e. The molecular formula is C8H10FN3O2S2. The molecule has 16 heavy (non-hydrogen) atoms. The van der Waals surface area contributed by atoms with Gasteiger partial charge in [0.25, 0.3) is 10.0 Å². The second kappa shape index (κ2) is 4.73. The van der Waals surface area contributed by atoms with E-state index in [9.17, 15) is 12.8 Å². The lowest BCUT2D eigenvalue weighted by Gasteiger charge is -2.08. The first-order valence-electron chi connectivity index (χ1n) is 4.16. The average molecular weight is 263 g/mol. The molecular weight excluding hydrogens is 253 g/mol. The van der Waals surface area contributed by atoms with Gasteiger partial charge >= 0.3 is 0 Å². The van der Waals surface area contributed by atoms with Gasteiger partial charge in [0.1, 0.15) is 10.7 Å². The highest BCUT2D eigenvalue weighted by Crippen LogP contribution is 2.15. The second-order valence-electron chi connectivity index (χ2n) is 3.03. The number of hydrogen-bond acceptors (Lipinski definition) is 3. The number of hydrazine groups is 1. The molecule has 1 rings (SSSR count). The molecule has 0 heterocycles. The van der Waals surface area contributed by atoms with Gasteiger partial charge in [0.05, 0.1) is 0 Å². The minimum Gasteiger partial charge on any atom is -0.375 e. The molecule has 0 spiro atoms. The van der Waals surface area contributed by atoms with E-state index in [0.29, 0.717) is 5.56 Å². The van der Waals surface area contributed by atoms with Crippen molar-refractivity contribution in [3.8, 4) is 0 Å². The Morgan fingerprint density at radius 1 is 1.50 bits per heavy atom. The first-order valence-corrected chi connectivity index (χ1v) is 6.05. The van der Waals surface area contributed by atoms with Crippen LogP contribution in [0.25, 0.3) is 0 Å². The molecule has 0 saturated heterocycles. The molecule has 0 saturated carbocycles. The second-order valence-corrected chi connectivity index (χ2v) is 5.12. The van der Waals surface area contributed by atoms with Gasteiger partial charge in [-0.25, -0.2) is 12.8 Å². The third kappa shape index (κ3) is 3.12. The fraction of sp³-hybridized carbons (Fsp3) is 0.125. The molecule has 0 aliphatic heterocycles. The Morgan fingerprint density at radius 2 is 2.12 bits per heavy atom. The third-order valence-electron chi connectivity index (χ3n) is 1.68. The Hall–Kier alpha value is -1.25. The van der Waals surface area contributed by atoms with Gasteiger partial charge in [-0.2, -0.15) is 0 Å². The Labute approximate surface area is 97.9 Å². The maximum absolute atomic E-state index is 13.3. The van der Waals surface area contributed by atoms with E-state index in [0.717, 1.165) is 6.07 Å². The molecule has 1 aromatic rings. The van der Waals surface area contributed by atoms with Gasteiger partial charge < -0.3 is 5.73 Å². The number of aryl methyl sites for hydroxylation is 1. The summed E-state index contributed by atoms with van der Waals surface area (Å²) in [5, 5.41) is -0.253. The molecule has 88 valence electrons. The van der Waals surface area contributed by atoms with Crippen LogP contribution in [0, 0.1) is 12.7 Å². The maximum Gasteiger partial charge on any atom is 0.260 e. The van der Waals surface area contributed by atoms with Crippen LogP contribution < -0.4 is 16.0 Å². The zero-order chi connectivity index (χ0) is 12.3. The molecule has 5 nitrogen and oxygen atoms in total. The fourth-order valence-corrected chi connectivity index (χ4v) is 2.12. The standard InChI is InChI=1S/C8H10FN3O2S2/c1-5-2-3-6(9)7(4-5)16(13,14)12-11-8(10)15/h2-4,12H,1H3,(H3,10,11,15). The van der Waals surface area contributed by atoms with Crippen molar-refractivity contribution in [2.24, 2.45) is 5.73 Å². The number of nitrogens with one attached hydrogen (secondary N) is 2. The molecule has 4 N–H and O–H groups in total. The van der Waals surface area contributed by atoms with Crippen LogP contribution in [0.5, 0.6) is 0 Å². The molecule has 0 fully saturated rings. The summed E-state index contributed by atoms with van der Waals surface area (Å²) < 4.78 is 36.4. The first kappa shape index (κ1) is 12.8. The molecule has 0 amide bonds. The Bertz CT molecular complexity index is 516. The lowest BCUT2D eigenvalue weighted by Crippen LogP contribution is -2.44. The third-order valence-corrected chi connectivity index (χ3v) is 3.05. The highest BCUT2D eigenvalue weighted by molar-refractivity contribution is 7.89. The molecule has 0 bridgehead atoms. The van der Waals surface area contributed by atoms with Gasteiger partial charge in [-0.05, 0) is 36.8 Å². The van der Waals surface area contributed by atoms with E-state index in [1.807, 2.05) is 10.3 Å². The summed E-state index contributed by atoms with van der Waals surface area (Å²) in [5.41, 5.74) is 7.70. The van der Waals surface area contributed by atoms with Crippen molar-refractivity contribution in [2.45, 2.75) is 11.8 Å². The van der Waals surface area contributed by atoms with Crippen molar-refractivity contribution in [3.63, 3.8) is 0 Å². The minimum absolute atomic E-state index is 0.253. The van der Waals surface area contributed by atoms with Gasteiger partial charge in [-0.1, -0.05) is 6.07 Å². The molecule has 8 heteroatoms. The van der Waals surface area contributed by atoms with E-state index in [-0.39, 0.29) is 5.11 Å². The SMILES string of the molecule is Cc1ccc(F)c(S(=O)(=O)NNC(N)=S)c1. The van der Waals surface area contributed by atoms with Crippen LogP contribution in [0.3, 0.4) is 0 Å². The average Bonchev–Trinajstić information content (AvgIpc) is 2.19. The van der Waals surface area contributed by atoms with Crippen LogP contribution >= 0.6 is 12.2 Å². The van der Waals surface area contributed by atoms with Gasteiger partial charge in [0, 0.05) is 0 Å². The number of nitrogens with two attached hydrogens (primary N) is 1. The van der Waals surface area contributed by atoms with Crippen LogP contribution in [0.1, 0.15) is 5.56 Å². The van der Waals surface area contributed by atoms with E-state index in [4.69, 9.17) is 5.73 Å².